The molecule has 0 aromatic heterocycles. The lowest BCUT2D eigenvalue weighted by molar-refractivity contribution is -0.136. The number of fused-ring (bicyclic) bond motifs is 2. The number of nitrogens with one attached hydrogen (secondary N) is 1. The molecule has 0 bridgehead atoms. The fourth-order valence-electron chi connectivity index (χ4n) is 3.27. The van der Waals surface area contributed by atoms with Gasteiger partial charge < -0.3 is 5.32 Å². The zero-order valence-electron chi connectivity index (χ0n) is 9.40. The van der Waals surface area contributed by atoms with Crippen molar-refractivity contribution in [3.05, 3.63) is 29.3 Å². The highest BCUT2D eigenvalue weighted by atomic mass is 19.4. The molecule has 1 nitrogen and oxygen atoms in total. The van der Waals surface area contributed by atoms with E-state index in [1.807, 2.05) is 6.07 Å². The van der Waals surface area contributed by atoms with Crippen molar-refractivity contribution in [3.8, 4) is 0 Å². The predicted molar refractivity (Wildman–Crippen MR) is 60.1 cm³/mol. The Hall–Kier alpha value is -1.19. The van der Waals surface area contributed by atoms with Crippen molar-refractivity contribution in [2.24, 2.45) is 0 Å². The quantitative estimate of drug-likeness (QED) is 0.725. The van der Waals surface area contributed by atoms with E-state index < -0.39 is 11.7 Å². The number of anilines is 1. The Bertz CT molecular complexity index is 444. The average molecular weight is 241 g/mol. The van der Waals surface area contributed by atoms with Crippen LogP contribution in [0.25, 0.3) is 0 Å². The predicted octanol–water partition coefficient (Wildman–Crippen LogP) is 3.94. The molecule has 3 rings (SSSR count). The summed E-state index contributed by atoms with van der Waals surface area (Å²) < 4.78 is 38.6. The lowest BCUT2D eigenvalue weighted by Gasteiger charge is -2.22. The maximum atomic E-state index is 12.9. The molecule has 1 N–H and O–H groups in total. The summed E-state index contributed by atoms with van der Waals surface area (Å²) in [5.74, 6) is 0. The number of alkyl halides is 3. The molecule has 1 spiro atoms. The van der Waals surface area contributed by atoms with E-state index in [0.717, 1.165) is 31.2 Å². The van der Waals surface area contributed by atoms with Gasteiger partial charge in [0.1, 0.15) is 0 Å². The van der Waals surface area contributed by atoms with Crippen LogP contribution in [0.5, 0.6) is 0 Å². The van der Waals surface area contributed by atoms with E-state index in [-0.39, 0.29) is 5.41 Å². The van der Waals surface area contributed by atoms with Gasteiger partial charge in [-0.1, -0.05) is 25.0 Å². The Kier molecular flexibility index (Phi) is 2.19. The van der Waals surface area contributed by atoms with E-state index in [0.29, 0.717) is 12.2 Å². The van der Waals surface area contributed by atoms with Gasteiger partial charge in [0, 0.05) is 12.0 Å². The van der Waals surface area contributed by atoms with E-state index in [1.54, 1.807) is 0 Å². The van der Waals surface area contributed by atoms with Gasteiger partial charge in [-0.05, 0) is 24.5 Å². The van der Waals surface area contributed by atoms with E-state index in [9.17, 15) is 13.2 Å². The zero-order valence-corrected chi connectivity index (χ0v) is 9.40. The summed E-state index contributed by atoms with van der Waals surface area (Å²) in [4.78, 5) is 0. The van der Waals surface area contributed by atoms with Gasteiger partial charge in [0.2, 0.25) is 0 Å². The molecule has 1 saturated carbocycles. The Labute approximate surface area is 98.0 Å². The van der Waals surface area contributed by atoms with Gasteiger partial charge in [-0.25, -0.2) is 0 Å². The second-order valence-electron chi connectivity index (χ2n) is 5.07. The first-order valence-electron chi connectivity index (χ1n) is 5.98. The Balaban J connectivity index is 2.12. The molecular formula is C13H14F3N. The Morgan fingerprint density at radius 3 is 2.47 bits per heavy atom. The molecule has 1 fully saturated rings. The van der Waals surface area contributed by atoms with Crippen molar-refractivity contribution in [1.29, 1.82) is 0 Å². The van der Waals surface area contributed by atoms with Gasteiger partial charge in [0.05, 0.1) is 11.3 Å². The highest BCUT2D eigenvalue weighted by Crippen LogP contribution is 2.51. The smallest absolute Gasteiger partial charge is 0.383 e. The molecule has 17 heavy (non-hydrogen) atoms. The molecular weight excluding hydrogens is 227 g/mol. The summed E-state index contributed by atoms with van der Waals surface area (Å²) in [6.45, 7) is 0.662. The Morgan fingerprint density at radius 2 is 1.82 bits per heavy atom. The third-order valence-corrected chi connectivity index (χ3v) is 4.11. The standard InChI is InChI=1S/C13H14F3N/c14-13(15,16)10-5-3-4-9-11(10)17-8-12(9)6-1-2-7-12/h3-5,17H,1-2,6-8H2. The maximum absolute atomic E-state index is 12.9. The molecule has 0 saturated heterocycles. The van der Waals surface area contributed by atoms with Gasteiger partial charge in [-0.2, -0.15) is 13.2 Å². The number of halogens is 3. The minimum atomic E-state index is -4.26. The molecule has 0 unspecified atom stereocenters. The van der Waals surface area contributed by atoms with Crippen LogP contribution in [0.4, 0.5) is 18.9 Å². The molecule has 0 amide bonds. The number of rotatable bonds is 0. The fraction of sp³-hybridized carbons (Fsp3) is 0.538. The van der Waals surface area contributed by atoms with Gasteiger partial charge in [-0.15, -0.1) is 0 Å². The van der Waals surface area contributed by atoms with Crippen LogP contribution in [0.15, 0.2) is 18.2 Å². The highest BCUT2D eigenvalue weighted by Gasteiger charge is 2.45. The summed E-state index contributed by atoms with van der Waals surface area (Å²) >= 11 is 0. The lowest BCUT2D eigenvalue weighted by atomic mass is 9.80. The molecule has 1 aliphatic carbocycles. The monoisotopic (exact) mass is 241 g/mol. The highest BCUT2D eigenvalue weighted by molar-refractivity contribution is 5.66. The van der Waals surface area contributed by atoms with Crippen LogP contribution in [0.1, 0.15) is 36.8 Å². The van der Waals surface area contributed by atoms with Crippen molar-refractivity contribution in [2.75, 3.05) is 11.9 Å². The molecule has 0 radical (unpaired) electrons. The SMILES string of the molecule is FC(F)(F)c1cccc2c1NCC21CCCC1. The molecule has 1 aromatic rings. The minimum Gasteiger partial charge on any atom is -0.383 e. The molecule has 92 valence electrons. The van der Waals surface area contributed by atoms with Crippen molar-refractivity contribution in [1.82, 2.24) is 0 Å². The summed E-state index contributed by atoms with van der Waals surface area (Å²) in [5, 5.41) is 2.99. The van der Waals surface area contributed by atoms with Crippen LogP contribution >= 0.6 is 0 Å². The number of para-hydroxylation sites is 1. The first kappa shape index (κ1) is 10.9. The largest absolute Gasteiger partial charge is 0.418 e. The normalized spacial score (nSPS) is 21.6. The minimum absolute atomic E-state index is 0.0312. The first-order valence-corrected chi connectivity index (χ1v) is 5.98. The zero-order chi connectivity index (χ0) is 12.1. The van der Waals surface area contributed by atoms with Crippen LogP contribution in [-0.4, -0.2) is 6.54 Å². The molecule has 2 aliphatic rings. The fourth-order valence-corrected chi connectivity index (χ4v) is 3.27. The maximum Gasteiger partial charge on any atom is 0.418 e. The summed E-state index contributed by atoms with van der Waals surface area (Å²) in [7, 11) is 0. The van der Waals surface area contributed by atoms with Crippen LogP contribution in [-0.2, 0) is 11.6 Å². The number of hydrogen-bond donors (Lipinski definition) is 1. The van der Waals surface area contributed by atoms with E-state index >= 15 is 0 Å². The second-order valence-corrected chi connectivity index (χ2v) is 5.07. The number of hydrogen-bond acceptors (Lipinski definition) is 1. The molecule has 1 aliphatic heterocycles. The van der Waals surface area contributed by atoms with Crippen LogP contribution in [0, 0.1) is 0 Å². The summed E-state index contributed by atoms with van der Waals surface area (Å²) in [5.41, 5.74) is 0.654. The van der Waals surface area contributed by atoms with Gasteiger partial charge in [0.15, 0.2) is 0 Å². The van der Waals surface area contributed by atoms with E-state index in [4.69, 9.17) is 0 Å². The van der Waals surface area contributed by atoms with E-state index in [1.165, 1.54) is 12.1 Å². The van der Waals surface area contributed by atoms with Crippen LogP contribution in [0.2, 0.25) is 0 Å². The van der Waals surface area contributed by atoms with E-state index in [2.05, 4.69) is 5.32 Å². The van der Waals surface area contributed by atoms with Gasteiger partial charge in [0.25, 0.3) is 0 Å². The second kappa shape index (κ2) is 3.40. The summed E-state index contributed by atoms with van der Waals surface area (Å²) in [6, 6.07) is 4.56. The van der Waals surface area contributed by atoms with Crippen molar-refractivity contribution >= 4 is 5.69 Å². The third kappa shape index (κ3) is 1.53. The summed E-state index contributed by atoms with van der Waals surface area (Å²) in [6.07, 6.45) is -0.000169. The van der Waals surface area contributed by atoms with Gasteiger partial charge in [-0.3, -0.25) is 0 Å². The molecule has 1 heterocycles. The topological polar surface area (TPSA) is 12.0 Å². The first-order chi connectivity index (χ1) is 8.03. The number of benzene rings is 1. The molecule has 0 atom stereocenters. The lowest BCUT2D eigenvalue weighted by Crippen LogP contribution is -2.23. The average Bonchev–Trinajstić information content (AvgIpc) is 2.87. The molecule has 4 heteroatoms. The third-order valence-electron chi connectivity index (χ3n) is 4.11. The van der Waals surface area contributed by atoms with Crippen molar-refractivity contribution in [3.63, 3.8) is 0 Å². The van der Waals surface area contributed by atoms with Crippen LogP contribution < -0.4 is 5.32 Å². The van der Waals surface area contributed by atoms with Crippen LogP contribution in [0.3, 0.4) is 0 Å². The van der Waals surface area contributed by atoms with Crippen molar-refractivity contribution in [2.45, 2.75) is 37.3 Å². The Morgan fingerprint density at radius 1 is 1.12 bits per heavy atom. The van der Waals surface area contributed by atoms with Crippen molar-refractivity contribution < 1.29 is 13.2 Å². The van der Waals surface area contributed by atoms with Gasteiger partial charge >= 0.3 is 6.18 Å². The molecule has 1 aromatic carbocycles.